The highest BCUT2D eigenvalue weighted by Crippen LogP contribution is 2.35. The van der Waals surface area contributed by atoms with Crippen LogP contribution >= 0.6 is 31.9 Å². The van der Waals surface area contributed by atoms with E-state index in [-0.39, 0.29) is 11.3 Å². The van der Waals surface area contributed by atoms with E-state index in [1.165, 1.54) is 11.6 Å². The van der Waals surface area contributed by atoms with Crippen LogP contribution in [0.4, 0.5) is 0 Å². The van der Waals surface area contributed by atoms with Gasteiger partial charge in [0.05, 0.1) is 20.7 Å². The van der Waals surface area contributed by atoms with Crippen molar-refractivity contribution in [3.63, 3.8) is 0 Å². The van der Waals surface area contributed by atoms with Gasteiger partial charge in [-0.25, -0.2) is 5.43 Å². The van der Waals surface area contributed by atoms with Crippen LogP contribution in [0.5, 0.6) is 11.5 Å². The summed E-state index contributed by atoms with van der Waals surface area (Å²) in [5.41, 5.74) is 4.48. The second-order valence-corrected chi connectivity index (χ2v) is 9.86. The van der Waals surface area contributed by atoms with E-state index in [1.807, 2.05) is 54.6 Å². The average molecular weight is 604 g/mol. The Bertz CT molecular complexity index is 1600. The number of carbonyl (C=O) groups excluding carboxylic acids is 1. The van der Waals surface area contributed by atoms with Gasteiger partial charge >= 0.3 is 0 Å². The third-order valence-electron chi connectivity index (χ3n) is 5.76. The van der Waals surface area contributed by atoms with Crippen molar-refractivity contribution in [3.05, 3.63) is 117 Å². The highest BCUT2D eigenvalue weighted by atomic mass is 79.9. The Hall–Kier alpha value is -3.68. The molecule has 0 aliphatic carbocycles. The lowest BCUT2D eigenvalue weighted by atomic mass is 10.1. The van der Waals surface area contributed by atoms with E-state index in [2.05, 4.69) is 66.7 Å². The summed E-state index contributed by atoms with van der Waals surface area (Å²) in [5, 5.41) is 18.3. The van der Waals surface area contributed by atoms with Crippen LogP contribution in [0.2, 0.25) is 0 Å². The number of ether oxygens (including phenoxy) is 1. The molecule has 5 rings (SSSR count). The fourth-order valence-corrected chi connectivity index (χ4v) is 5.45. The van der Waals surface area contributed by atoms with Gasteiger partial charge in [0.25, 0.3) is 5.91 Å². The smallest absolute Gasteiger partial charge is 0.275 e. The van der Waals surface area contributed by atoms with Gasteiger partial charge in [0.15, 0.2) is 0 Å². The standard InChI is InChI=1S/C29H20Br2N2O3/c30-25-12-18(16-32-33-29(35)24-14-20-7-1-2-8-21(20)15-27(24)34)13-26(31)28(25)36-17-22-10-5-9-19-6-3-4-11-23(19)22/h1-16,34H,17H2,(H,33,35). The summed E-state index contributed by atoms with van der Waals surface area (Å²) >= 11 is 7.15. The van der Waals surface area contributed by atoms with Gasteiger partial charge in [-0.3, -0.25) is 4.79 Å². The molecule has 0 aromatic heterocycles. The quantitative estimate of drug-likeness (QED) is 0.155. The molecule has 0 radical (unpaired) electrons. The number of nitrogens with zero attached hydrogens (tertiary/aromatic N) is 1. The summed E-state index contributed by atoms with van der Waals surface area (Å²) < 4.78 is 7.62. The second-order valence-electron chi connectivity index (χ2n) is 8.16. The SMILES string of the molecule is O=C(NN=Cc1cc(Br)c(OCc2cccc3ccccc23)c(Br)c1)c1cc2ccccc2cc1O. The van der Waals surface area contributed by atoms with Gasteiger partial charge < -0.3 is 9.84 Å². The molecular weight excluding hydrogens is 584 g/mol. The number of hydrogen-bond donors (Lipinski definition) is 2. The van der Waals surface area contributed by atoms with Crippen molar-refractivity contribution in [2.45, 2.75) is 6.61 Å². The van der Waals surface area contributed by atoms with Gasteiger partial charge in [-0.15, -0.1) is 0 Å². The van der Waals surface area contributed by atoms with Crippen molar-refractivity contribution in [1.29, 1.82) is 0 Å². The maximum atomic E-state index is 12.6. The Balaban J connectivity index is 1.28. The van der Waals surface area contributed by atoms with Gasteiger partial charge in [-0.2, -0.15) is 5.10 Å². The number of hydrogen-bond acceptors (Lipinski definition) is 4. The fraction of sp³-hybridized carbons (Fsp3) is 0.0345. The van der Waals surface area contributed by atoms with E-state index in [1.54, 1.807) is 12.1 Å². The summed E-state index contributed by atoms with van der Waals surface area (Å²) in [4.78, 5) is 12.6. The Labute approximate surface area is 224 Å². The maximum Gasteiger partial charge on any atom is 0.275 e. The van der Waals surface area contributed by atoms with E-state index in [0.717, 1.165) is 36.2 Å². The van der Waals surface area contributed by atoms with Crippen molar-refractivity contribution in [2.24, 2.45) is 5.10 Å². The van der Waals surface area contributed by atoms with Crippen molar-refractivity contribution in [1.82, 2.24) is 5.43 Å². The van der Waals surface area contributed by atoms with Crippen molar-refractivity contribution < 1.29 is 14.6 Å². The van der Waals surface area contributed by atoms with Crippen molar-refractivity contribution in [3.8, 4) is 11.5 Å². The molecule has 0 saturated carbocycles. The zero-order chi connectivity index (χ0) is 25.1. The molecule has 5 aromatic rings. The number of phenols is 1. The monoisotopic (exact) mass is 602 g/mol. The molecule has 0 atom stereocenters. The summed E-state index contributed by atoms with van der Waals surface area (Å²) in [6, 6.07) is 28.8. The van der Waals surface area contributed by atoms with E-state index >= 15 is 0 Å². The molecule has 0 saturated heterocycles. The molecule has 0 aliphatic rings. The van der Waals surface area contributed by atoms with E-state index < -0.39 is 5.91 Å². The molecular formula is C29H20Br2N2O3. The Morgan fingerprint density at radius 1 is 0.861 bits per heavy atom. The Morgan fingerprint density at radius 2 is 1.50 bits per heavy atom. The topological polar surface area (TPSA) is 70.9 Å². The molecule has 0 heterocycles. The first kappa shape index (κ1) is 24.0. The van der Waals surface area contributed by atoms with Gasteiger partial charge in [0.2, 0.25) is 0 Å². The van der Waals surface area contributed by atoms with E-state index in [0.29, 0.717) is 12.4 Å². The highest BCUT2D eigenvalue weighted by Gasteiger charge is 2.13. The van der Waals surface area contributed by atoms with Crippen LogP contribution in [0, 0.1) is 0 Å². The lowest BCUT2D eigenvalue weighted by molar-refractivity contribution is 0.0952. The van der Waals surface area contributed by atoms with E-state index in [9.17, 15) is 9.90 Å². The first-order chi connectivity index (χ1) is 17.5. The molecule has 0 spiro atoms. The van der Waals surface area contributed by atoms with Crippen LogP contribution in [0.3, 0.4) is 0 Å². The lowest BCUT2D eigenvalue weighted by Crippen LogP contribution is -2.17. The molecule has 0 fully saturated rings. The number of hydrazone groups is 1. The number of halogens is 2. The van der Waals surface area contributed by atoms with Crippen molar-refractivity contribution >= 4 is 65.5 Å². The van der Waals surface area contributed by atoms with Crippen LogP contribution in [0.1, 0.15) is 21.5 Å². The molecule has 0 bridgehead atoms. The number of amides is 1. The predicted octanol–water partition coefficient (Wildman–Crippen LogP) is 7.57. The number of fused-ring (bicyclic) bond motifs is 2. The predicted molar refractivity (Wildman–Crippen MR) is 151 cm³/mol. The molecule has 1 amide bonds. The first-order valence-corrected chi connectivity index (χ1v) is 12.7. The molecule has 5 nitrogen and oxygen atoms in total. The number of carbonyl (C=O) groups is 1. The minimum absolute atomic E-state index is 0.0976. The normalized spacial score (nSPS) is 11.3. The number of benzene rings is 5. The Morgan fingerprint density at radius 3 is 2.25 bits per heavy atom. The van der Waals surface area contributed by atoms with Gasteiger partial charge in [0, 0.05) is 0 Å². The van der Waals surface area contributed by atoms with Gasteiger partial charge in [-0.1, -0.05) is 66.7 Å². The lowest BCUT2D eigenvalue weighted by Gasteiger charge is -2.13. The molecule has 2 N–H and O–H groups in total. The van der Waals surface area contributed by atoms with Gasteiger partial charge in [0.1, 0.15) is 18.1 Å². The third kappa shape index (κ3) is 5.12. The maximum absolute atomic E-state index is 12.6. The molecule has 7 heteroatoms. The molecule has 0 unspecified atom stereocenters. The second kappa shape index (κ2) is 10.5. The number of rotatable bonds is 6. The van der Waals surface area contributed by atoms with Crippen LogP contribution in [-0.2, 0) is 6.61 Å². The largest absolute Gasteiger partial charge is 0.507 e. The minimum Gasteiger partial charge on any atom is -0.507 e. The Kier molecular flexibility index (Phi) is 7.02. The molecule has 178 valence electrons. The van der Waals surface area contributed by atoms with Crippen LogP contribution in [0.25, 0.3) is 21.5 Å². The summed E-state index contributed by atoms with van der Waals surface area (Å²) in [5.74, 6) is 0.0764. The number of phenolic OH excluding ortho intramolecular Hbond substituents is 1. The highest BCUT2D eigenvalue weighted by molar-refractivity contribution is 9.11. The number of nitrogens with one attached hydrogen (secondary N) is 1. The third-order valence-corrected chi connectivity index (χ3v) is 6.94. The van der Waals surface area contributed by atoms with Crippen LogP contribution in [0.15, 0.2) is 105 Å². The zero-order valence-corrected chi connectivity index (χ0v) is 22.1. The first-order valence-electron chi connectivity index (χ1n) is 11.1. The molecule has 36 heavy (non-hydrogen) atoms. The molecule has 0 aliphatic heterocycles. The average Bonchev–Trinajstić information content (AvgIpc) is 2.88. The summed E-state index contributed by atoms with van der Waals surface area (Å²) in [6.07, 6.45) is 1.53. The fourth-order valence-electron chi connectivity index (χ4n) is 4.00. The summed E-state index contributed by atoms with van der Waals surface area (Å²) in [6.45, 7) is 0.414. The van der Waals surface area contributed by atoms with Crippen molar-refractivity contribution in [2.75, 3.05) is 0 Å². The van der Waals surface area contributed by atoms with Crippen LogP contribution < -0.4 is 10.2 Å². The minimum atomic E-state index is -0.498. The summed E-state index contributed by atoms with van der Waals surface area (Å²) in [7, 11) is 0. The molecule has 5 aromatic carbocycles. The number of aromatic hydroxyl groups is 1. The van der Waals surface area contributed by atoms with Gasteiger partial charge in [-0.05, 0) is 88.8 Å². The zero-order valence-electron chi connectivity index (χ0n) is 18.9. The van der Waals surface area contributed by atoms with E-state index in [4.69, 9.17) is 4.74 Å². The van der Waals surface area contributed by atoms with Crippen LogP contribution in [-0.4, -0.2) is 17.2 Å².